The van der Waals surface area contributed by atoms with Crippen LogP contribution in [0.4, 0.5) is 10.5 Å². The van der Waals surface area contributed by atoms with Crippen LogP contribution in [-0.4, -0.2) is 34.5 Å². The van der Waals surface area contributed by atoms with Crippen molar-refractivity contribution in [2.24, 2.45) is 5.41 Å². The monoisotopic (exact) mass is 332 g/mol. The zero-order valence-corrected chi connectivity index (χ0v) is 14.1. The Hall–Kier alpha value is -2.61. The molecule has 0 bridgehead atoms. The minimum atomic E-state index is -0.446. The third kappa shape index (κ3) is 2.07. The van der Waals surface area contributed by atoms with Gasteiger partial charge in [-0.1, -0.05) is 30.7 Å². The number of hydrogen-bond donors (Lipinski definition) is 0. The number of amides is 2. The highest BCUT2D eigenvalue weighted by Crippen LogP contribution is 2.57. The van der Waals surface area contributed by atoms with E-state index in [9.17, 15) is 10.1 Å². The molecule has 1 saturated heterocycles. The molecule has 5 rings (SSSR count). The maximum absolute atomic E-state index is 13.1. The summed E-state index contributed by atoms with van der Waals surface area (Å²) in [6.45, 7) is 0.499. The Bertz CT molecular complexity index is 885. The third-order valence-electron chi connectivity index (χ3n) is 6.38. The lowest BCUT2D eigenvalue weighted by atomic mass is 9.54. The van der Waals surface area contributed by atoms with Crippen LogP contribution in [-0.2, 0) is 0 Å². The first kappa shape index (κ1) is 14.7. The zero-order chi connectivity index (χ0) is 17.0. The summed E-state index contributed by atoms with van der Waals surface area (Å²) in [7, 11) is 0. The second-order valence-corrected chi connectivity index (χ2v) is 7.75. The Labute approximate surface area is 146 Å². The number of benzene rings is 1. The van der Waals surface area contributed by atoms with Gasteiger partial charge < -0.3 is 4.90 Å². The summed E-state index contributed by atoms with van der Waals surface area (Å²) in [6.07, 6.45) is 9.67. The Morgan fingerprint density at radius 3 is 2.72 bits per heavy atom. The Kier molecular flexibility index (Phi) is 3.05. The SMILES string of the molecule is N#CC1CN(C2CC3(CCC3)C2)C(=O)N1c1cncc2ccccc12. The van der Waals surface area contributed by atoms with E-state index < -0.39 is 6.04 Å². The van der Waals surface area contributed by atoms with Crippen molar-refractivity contribution in [2.45, 2.75) is 44.2 Å². The van der Waals surface area contributed by atoms with E-state index in [2.05, 4.69) is 11.1 Å². The van der Waals surface area contributed by atoms with Crippen LogP contribution < -0.4 is 4.90 Å². The molecular weight excluding hydrogens is 312 g/mol. The van der Waals surface area contributed by atoms with Crippen molar-refractivity contribution in [1.29, 1.82) is 5.26 Å². The van der Waals surface area contributed by atoms with E-state index in [-0.39, 0.29) is 6.03 Å². The molecule has 126 valence electrons. The molecule has 0 radical (unpaired) electrons. The van der Waals surface area contributed by atoms with Gasteiger partial charge in [0.25, 0.3) is 0 Å². The quantitative estimate of drug-likeness (QED) is 0.842. The number of anilines is 1. The average molecular weight is 332 g/mol. The molecule has 2 heterocycles. The van der Waals surface area contributed by atoms with Gasteiger partial charge in [0.05, 0.1) is 24.5 Å². The molecule has 25 heavy (non-hydrogen) atoms. The number of hydrogen-bond acceptors (Lipinski definition) is 3. The molecule has 1 atom stereocenters. The molecule has 2 amide bonds. The summed E-state index contributed by atoms with van der Waals surface area (Å²) in [5.41, 5.74) is 1.26. The van der Waals surface area contributed by atoms with Crippen molar-refractivity contribution in [3.63, 3.8) is 0 Å². The van der Waals surface area contributed by atoms with Gasteiger partial charge >= 0.3 is 6.03 Å². The lowest BCUT2D eigenvalue weighted by Crippen LogP contribution is -2.54. The van der Waals surface area contributed by atoms with E-state index in [0.717, 1.165) is 29.3 Å². The van der Waals surface area contributed by atoms with Crippen molar-refractivity contribution in [1.82, 2.24) is 9.88 Å². The van der Waals surface area contributed by atoms with Crippen LogP contribution in [0.25, 0.3) is 10.8 Å². The van der Waals surface area contributed by atoms with Crippen LogP contribution in [0.1, 0.15) is 32.1 Å². The van der Waals surface area contributed by atoms with E-state index in [0.29, 0.717) is 18.0 Å². The second-order valence-electron chi connectivity index (χ2n) is 7.75. The molecule has 3 fully saturated rings. The number of pyridine rings is 1. The third-order valence-corrected chi connectivity index (χ3v) is 6.38. The minimum Gasteiger partial charge on any atom is -0.318 e. The maximum Gasteiger partial charge on any atom is 0.326 e. The number of carbonyl (C=O) groups is 1. The molecule has 0 N–H and O–H groups in total. The number of fused-ring (bicyclic) bond motifs is 1. The van der Waals surface area contributed by atoms with Gasteiger partial charge in [-0.25, -0.2) is 4.79 Å². The summed E-state index contributed by atoms with van der Waals surface area (Å²) >= 11 is 0. The molecule has 5 nitrogen and oxygen atoms in total. The van der Waals surface area contributed by atoms with E-state index in [1.807, 2.05) is 29.2 Å². The summed E-state index contributed by atoms with van der Waals surface area (Å²) in [5.74, 6) is 0. The first-order valence-electron chi connectivity index (χ1n) is 9.03. The van der Waals surface area contributed by atoms with Crippen molar-refractivity contribution in [2.75, 3.05) is 11.4 Å². The van der Waals surface area contributed by atoms with E-state index in [1.165, 1.54) is 19.3 Å². The van der Waals surface area contributed by atoms with Gasteiger partial charge in [0, 0.05) is 23.0 Å². The molecule has 1 aliphatic heterocycles. The molecule has 1 aromatic heterocycles. The van der Waals surface area contributed by atoms with Gasteiger partial charge in [0.2, 0.25) is 0 Å². The number of nitriles is 1. The van der Waals surface area contributed by atoms with Gasteiger partial charge in [-0.2, -0.15) is 5.26 Å². The van der Waals surface area contributed by atoms with Crippen LogP contribution in [0.15, 0.2) is 36.7 Å². The number of carbonyl (C=O) groups excluding carboxylic acids is 1. The van der Waals surface area contributed by atoms with Gasteiger partial charge in [-0.05, 0) is 31.1 Å². The molecule has 2 saturated carbocycles. The Morgan fingerprint density at radius 1 is 1.20 bits per heavy atom. The standard InChI is InChI=1S/C20H20N4O/c21-10-16-13-23(15-8-20(9-15)6-3-7-20)19(25)24(16)18-12-22-11-14-4-1-2-5-17(14)18/h1-2,4-5,11-12,15-16H,3,6-9,13H2. The molecule has 1 aromatic carbocycles. The predicted molar refractivity (Wildman–Crippen MR) is 95.0 cm³/mol. The molecule has 1 unspecified atom stereocenters. The predicted octanol–water partition coefficient (Wildman–Crippen LogP) is 3.70. The van der Waals surface area contributed by atoms with Crippen molar-refractivity contribution >= 4 is 22.5 Å². The highest BCUT2D eigenvalue weighted by atomic mass is 16.2. The Morgan fingerprint density at radius 2 is 2.00 bits per heavy atom. The maximum atomic E-state index is 13.1. The summed E-state index contributed by atoms with van der Waals surface area (Å²) in [5, 5.41) is 11.6. The van der Waals surface area contributed by atoms with Gasteiger partial charge in [-0.3, -0.25) is 9.88 Å². The minimum absolute atomic E-state index is 0.0381. The van der Waals surface area contributed by atoms with Crippen molar-refractivity contribution in [3.05, 3.63) is 36.7 Å². The number of rotatable bonds is 2. The van der Waals surface area contributed by atoms with Crippen LogP contribution >= 0.6 is 0 Å². The summed E-state index contributed by atoms with van der Waals surface area (Å²) < 4.78 is 0. The van der Waals surface area contributed by atoms with Crippen LogP contribution in [0.2, 0.25) is 0 Å². The van der Waals surface area contributed by atoms with E-state index in [1.54, 1.807) is 17.3 Å². The molecular formula is C20H20N4O. The fraction of sp³-hybridized carbons (Fsp3) is 0.450. The fourth-order valence-electron chi connectivity index (χ4n) is 4.83. The normalized spacial score (nSPS) is 25.1. The van der Waals surface area contributed by atoms with Gasteiger partial charge in [0.15, 0.2) is 0 Å². The Balaban J connectivity index is 1.48. The molecule has 3 aliphatic rings. The van der Waals surface area contributed by atoms with Crippen LogP contribution in [0.5, 0.6) is 0 Å². The number of aromatic nitrogens is 1. The van der Waals surface area contributed by atoms with Gasteiger partial charge in [-0.15, -0.1) is 0 Å². The van der Waals surface area contributed by atoms with Crippen LogP contribution in [0.3, 0.4) is 0 Å². The number of nitrogens with zero attached hydrogens (tertiary/aromatic N) is 4. The molecule has 5 heteroatoms. The molecule has 2 aliphatic carbocycles. The lowest BCUT2D eigenvalue weighted by Gasteiger charge is -2.56. The number of urea groups is 1. The van der Waals surface area contributed by atoms with Crippen molar-refractivity contribution in [3.8, 4) is 6.07 Å². The first-order valence-corrected chi connectivity index (χ1v) is 9.03. The first-order chi connectivity index (χ1) is 12.2. The highest BCUT2D eigenvalue weighted by molar-refractivity contribution is 6.04. The van der Waals surface area contributed by atoms with E-state index in [4.69, 9.17) is 0 Å². The second kappa shape index (κ2) is 5.19. The van der Waals surface area contributed by atoms with Gasteiger partial charge in [0.1, 0.15) is 6.04 Å². The van der Waals surface area contributed by atoms with Crippen molar-refractivity contribution < 1.29 is 4.79 Å². The molecule has 1 spiro atoms. The topological polar surface area (TPSA) is 60.2 Å². The van der Waals surface area contributed by atoms with E-state index >= 15 is 0 Å². The largest absolute Gasteiger partial charge is 0.326 e. The molecule has 2 aromatic rings. The zero-order valence-electron chi connectivity index (χ0n) is 14.1. The lowest BCUT2D eigenvalue weighted by molar-refractivity contribution is -0.0355. The smallest absolute Gasteiger partial charge is 0.318 e. The summed E-state index contributed by atoms with van der Waals surface area (Å²) in [4.78, 5) is 21.0. The highest BCUT2D eigenvalue weighted by Gasteiger charge is 2.54. The average Bonchev–Trinajstić information content (AvgIpc) is 2.88. The summed E-state index contributed by atoms with van der Waals surface area (Å²) in [6, 6.07) is 10.0. The van der Waals surface area contributed by atoms with Crippen LogP contribution in [0, 0.1) is 16.7 Å². The fourth-order valence-corrected chi connectivity index (χ4v) is 4.83.